The van der Waals surface area contributed by atoms with Gasteiger partial charge in [0.1, 0.15) is 11.5 Å². The monoisotopic (exact) mass is 211 g/mol. The quantitative estimate of drug-likeness (QED) is 0.830. The largest absolute Gasteiger partial charge is 0.382 e. The van der Waals surface area contributed by atoms with E-state index in [1.54, 1.807) is 12.3 Å². The number of hydrogen-bond acceptors (Lipinski definition) is 3. The van der Waals surface area contributed by atoms with Crippen LogP contribution in [-0.4, -0.2) is 9.97 Å². The molecule has 0 amide bonds. The molecular formula is C13H13N3. The molecule has 0 bridgehead atoms. The van der Waals surface area contributed by atoms with Gasteiger partial charge in [-0.15, -0.1) is 0 Å². The standard InChI is InChI=1S/C13H13N3/c1-3-11-13(14)15-8-12(16-11)10-6-4-9(2)5-7-10/h3-8H,1H2,2H3,(H2,14,15). The van der Waals surface area contributed by atoms with Crippen molar-refractivity contribution in [3.05, 3.63) is 48.3 Å². The van der Waals surface area contributed by atoms with Crippen LogP contribution < -0.4 is 5.73 Å². The number of aryl methyl sites for hydroxylation is 1. The van der Waals surface area contributed by atoms with Crippen LogP contribution in [0.5, 0.6) is 0 Å². The van der Waals surface area contributed by atoms with Crippen LogP contribution in [0.15, 0.2) is 37.0 Å². The normalized spacial score (nSPS) is 10.1. The van der Waals surface area contributed by atoms with E-state index in [1.807, 2.05) is 31.2 Å². The van der Waals surface area contributed by atoms with Gasteiger partial charge < -0.3 is 5.73 Å². The average Bonchev–Trinajstić information content (AvgIpc) is 2.31. The van der Waals surface area contributed by atoms with Gasteiger partial charge in [-0.25, -0.2) is 9.97 Å². The summed E-state index contributed by atoms with van der Waals surface area (Å²) in [7, 11) is 0. The number of benzene rings is 1. The summed E-state index contributed by atoms with van der Waals surface area (Å²) in [5, 5.41) is 0. The summed E-state index contributed by atoms with van der Waals surface area (Å²) < 4.78 is 0. The average molecular weight is 211 g/mol. The van der Waals surface area contributed by atoms with Crippen molar-refractivity contribution in [1.29, 1.82) is 0 Å². The maximum Gasteiger partial charge on any atom is 0.149 e. The Hall–Kier alpha value is -2.16. The summed E-state index contributed by atoms with van der Waals surface area (Å²) in [4.78, 5) is 8.48. The second kappa shape index (κ2) is 4.14. The Morgan fingerprint density at radius 2 is 1.94 bits per heavy atom. The third-order valence-corrected chi connectivity index (χ3v) is 2.37. The minimum Gasteiger partial charge on any atom is -0.382 e. The van der Waals surface area contributed by atoms with Crippen LogP contribution in [-0.2, 0) is 0 Å². The van der Waals surface area contributed by atoms with Gasteiger partial charge in [0.25, 0.3) is 0 Å². The van der Waals surface area contributed by atoms with Gasteiger partial charge in [-0.2, -0.15) is 0 Å². The first-order valence-electron chi connectivity index (χ1n) is 5.02. The topological polar surface area (TPSA) is 51.8 Å². The summed E-state index contributed by atoms with van der Waals surface area (Å²) in [6.45, 7) is 5.71. The zero-order valence-electron chi connectivity index (χ0n) is 9.14. The molecule has 0 unspecified atom stereocenters. The smallest absolute Gasteiger partial charge is 0.149 e. The fourth-order valence-electron chi connectivity index (χ4n) is 1.43. The van der Waals surface area contributed by atoms with Crippen molar-refractivity contribution in [2.45, 2.75) is 6.92 Å². The van der Waals surface area contributed by atoms with Gasteiger partial charge in [0, 0.05) is 5.56 Å². The van der Waals surface area contributed by atoms with E-state index in [4.69, 9.17) is 5.73 Å². The third kappa shape index (κ3) is 1.93. The van der Waals surface area contributed by atoms with Crippen LogP contribution in [0.4, 0.5) is 5.82 Å². The molecule has 1 aromatic heterocycles. The van der Waals surface area contributed by atoms with Gasteiger partial charge in [0.2, 0.25) is 0 Å². The lowest BCUT2D eigenvalue weighted by molar-refractivity contribution is 1.19. The summed E-state index contributed by atoms with van der Waals surface area (Å²) in [5.41, 5.74) is 9.34. The summed E-state index contributed by atoms with van der Waals surface area (Å²) in [6.07, 6.45) is 3.28. The Bertz CT molecular complexity index is 515. The molecule has 0 aliphatic rings. The molecule has 3 heteroatoms. The van der Waals surface area contributed by atoms with Crippen molar-refractivity contribution < 1.29 is 0 Å². The van der Waals surface area contributed by atoms with Gasteiger partial charge >= 0.3 is 0 Å². The second-order valence-electron chi connectivity index (χ2n) is 3.60. The molecule has 0 aliphatic heterocycles. The Morgan fingerprint density at radius 1 is 1.25 bits per heavy atom. The van der Waals surface area contributed by atoms with Crippen LogP contribution in [0, 0.1) is 6.92 Å². The maximum absolute atomic E-state index is 5.66. The van der Waals surface area contributed by atoms with E-state index in [-0.39, 0.29) is 0 Å². The highest BCUT2D eigenvalue weighted by atomic mass is 14.9. The lowest BCUT2D eigenvalue weighted by atomic mass is 10.1. The molecule has 0 spiro atoms. The third-order valence-electron chi connectivity index (χ3n) is 2.37. The van der Waals surface area contributed by atoms with E-state index >= 15 is 0 Å². The highest BCUT2D eigenvalue weighted by Gasteiger charge is 2.03. The van der Waals surface area contributed by atoms with E-state index < -0.39 is 0 Å². The van der Waals surface area contributed by atoms with E-state index in [0.29, 0.717) is 11.5 Å². The van der Waals surface area contributed by atoms with Crippen molar-refractivity contribution in [3.8, 4) is 11.3 Å². The predicted octanol–water partition coefficient (Wildman–Crippen LogP) is 2.68. The fraction of sp³-hybridized carbons (Fsp3) is 0.0769. The molecule has 0 radical (unpaired) electrons. The highest BCUT2D eigenvalue weighted by Crippen LogP contribution is 2.19. The van der Waals surface area contributed by atoms with E-state index in [9.17, 15) is 0 Å². The second-order valence-corrected chi connectivity index (χ2v) is 3.60. The number of nitrogens with two attached hydrogens (primary N) is 1. The number of nitrogen functional groups attached to an aromatic ring is 1. The molecule has 0 fully saturated rings. The van der Waals surface area contributed by atoms with Crippen LogP contribution in [0.25, 0.3) is 17.3 Å². The first kappa shape index (κ1) is 10.4. The molecule has 1 aromatic carbocycles. The lowest BCUT2D eigenvalue weighted by Gasteiger charge is -2.04. The first-order valence-corrected chi connectivity index (χ1v) is 5.02. The molecule has 0 saturated carbocycles. The zero-order chi connectivity index (χ0) is 11.5. The van der Waals surface area contributed by atoms with Crippen molar-refractivity contribution in [3.63, 3.8) is 0 Å². The number of rotatable bonds is 2. The molecule has 2 aromatic rings. The number of anilines is 1. The van der Waals surface area contributed by atoms with Crippen LogP contribution in [0.1, 0.15) is 11.3 Å². The lowest BCUT2D eigenvalue weighted by Crippen LogP contribution is -1.98. The molecule has 16 heavy (non-hydrogen) atoms. The van der Waals surface area contributed by atoms with Crippen molar-refractivity contribution in [2.75, 3.05) is 5.73 Å². The summed E-state index contributed by atoms with van der Waals surface area (Å²) in [5.74, 6) is 0.408. The molecule has 80 valence electrons. The van der Waals surface area contributed by atoms with Crippen LogP contribution in [0.3, 0.4) is 0 Å². The maximum atomic E-state index is 5.66. The van der Waals surface area contributed by atoms with Gasteiger partial charge in [0.15, 0.2) is 0 Å². The number of aromatic nitrogens is 2. The van der Waals surface area contributed by atoms with E-state index in [1.165, 1.54) is 5.56 Å². The highest BCUT2D eigenvalue weighted by molar-refractivity contribution is 5.64. The Morgan fingerprint density at radius 3 is 2.56 bits per heavy atom. The number of hydrogen-bond donors (Lipinski definition) is 1. The van der Waals surface area contributed by atoms with E-state index in [2.05, 4.69) is 16.5 Å². The van der Waals surface area contributed by atoms with Gasteiger partial charge in [-0.05, 0) is 13.0 Å². The van der Waals surface area contributed by atoms with Gasteiger partial charge in [-0.1, -0.05) is 36.4 Å². The van der Waals surface area contributed by atoms with Gasteiger partial charge in [-0.3, -0.25) is 0 Å². The fourth-order valence-corrected chi connectivity index (χ4v) is 1.43. The minimum absolute atomic E-state index is 0.408. The van der Waals surface area contributed by atoms with Crippen molar-refractivity contribution in [1.82, 2.24) is 9.97 Å². The van der Waals surface area contributed by atoms with Crippen molar-refractivity contribution in [2.24, 2.45) is 0 Å². The molecule has 3 nitrogen and oxygen atoms in total. The minimum atomic E-state index is 0.408. The predicted molar refractivity (Wildman–Crippen MR) is 66.7 cm³/mol. The first-order chi connectivity index (χ1) is 7.70. The summed E-state index contributed by atoms with van der Waals surface area (Å²) in [6, 6.07) is 8.12. The Kier molecular flexibility index (Phi) is 2.68. The Balaban J connectivity index is 2.48. The molecule has 2 N–H and O–H groups in total. The molecule has 0 saturated heterocycles. The molecule has 0 atom stereocenters. The van der Waals surface area contributed by atoms with Crippen LogP contribution in [0.2, 0.25) is 0 Å². The SMILES string of the molecule is C=Cc1nc(-c2ccc(C)cc2)cnc1N. The summed E-state index contributed by atoms with van der Waals surface area (Å²) >= 11 is 0. The Labute approximate surface area is 94.7 Å². The van der Waals surface area contributed by atoms with Crippen molar-refractivity contribution >= 4 is 11.9 Å². The van der Waals surface area contributed by atoms with Gasteiger partial charge in [0.05, 0.1) is 11.9 Å². The molecule has 1 heterocycles. The van der Waals surface area contributed by atoms with E-state index in [0.717, 1.165) is 11.3 Å². The molecular weight excluding hydrogens is 198 g/mol. The van der Waals surface area contributed by atoms with Crippen LogP contribution >= 0.6 is 0 Å². The molecule has 2 rings (SSSR count). The number of nitrogens with zero attached hydrogens (tertiary/aromatic N) is 2. The molecule has 0 aliphatic carbocycles. The zero-order valence-corrected chi connectivity index (χ0v) is 9.14.